The van der Waals surface area contributed by atoms with Gasteiger partial charge < -0.3 is 9.64 Å². The van der Waals surface area contributed by atoms with Crippen LogP contribution in [-0.2, 0) is 10.0 Å². The number of anilines is 1. The van der Waals surface area contributed by atoms with Crippen LogP contribution >= 0.6 is 0 Å². The molecular formula is C21H28N2O3S. The average Bonchev–Trinajstić information content (AvgIpc) is 2.65. The Hall–Kier alpha value is -2.05. The zero-order chi connectivity index (χ0) is 19.8. The molecule has 0 atom stereocenters. The van der Waals surface area contributed by atoms with Crippen LogP contribution in [0.4, 0.5) is 5.69 Å². The van der Waals surface area contributed by atoms with Crippen LogP contribution in [-0.4, -0.2) is 46.0 Å². The van der Waals surface area contributed by atoms with Crippen molar-refractivity contribution in [1.29, 1.82) is 0 Å². The van der Waals surface area contributed by atoms with Gasteiger partial charge in [-0.3, -0.25) is 0 Å². The summed E-state index contributed by atoms with van der Waals surface area (Å²) in [6.45, 7) is 10.2. The number of hydrogen-bond donors (Lipinski definition) is 0. The SMILES string of the molecule is COc1cc(C)c(S(=O)(=O)N2CCN(c3ccc(C)c(C)c3)CC2)cc1C. The molecule has 0 saturated carbocycles. The summed E-state index contributed by atoms with van der Waals surface area (Å²) in [5, 5.41) is 0. The van der Waals surface area contributed by atoms with Crippen molar-refractivity contribution in [3.05, 3.63) is 52.6 Å². The summed E-state index contributed by atoms with van der Waals surface area (Å²) in [5.74, 6) is 0.714. The third kappa shape index (κ3) is 3.82. The molecule has 0 aromatic heterocycles. The van der Waals surface area contributed by atoms with Gasteiger partial charge in [0, 0.05) is 31.9 Å². The molecule has 2 aromatic rings. The van der Waals surface area contributed by atoms with Gasteiger partial charge in [-0.25, -0.2) is 8.42 Å². The van der Waals surface area contributed by atoms with E-state index in [2.05, 4.69) is 36.9 Å². The smallest absolute Gasteiger partial charge is 0.243 e. The molecule has 1 heterocycles. The van der Waals surface area contributed by atoms with Crippen molar-refractivity contribution in [1.82, 2.24) is 4.31 Å². The number of nitrogens with zero attached hydrogens (tertiary/aromatic N) is 2. The van der Waals surface area contributed by atoms with Crippen LogP contribution in [0.5, 0.6) is 5.75 Å². The summed E-state index contributed by atoms with van der Waals surface area (Å²) in [6, 6.07) is 9.93. The van der Waals surface area contributed by atoms with E-state index < -0.39 is 10.0 Å². The van der Waals surface area contributed by atoms with Crippen LogP contribution in [0, 0.1) is 27.7 Å². The molecule has 0 radical (unpaired) electrons. The van der Waals surface area contributed by atoms with Crippen molar-refractivity contribution in [3.63, 3.8) is 0 Å². The van der Waals surface area contributed by atoms with Crippen molar-refractivity contribution in [2.24, 2.45) is 0 Å². The highest BCUT2D eigenvalue weighted by molar-refractivity contribution is 7.89. The third-order valence-corrected chi connectivity index (χ3v) is 7.45. The van der Waals surface area contributed by atoms with Crippen molar-refractivity contribution in [2.45, 2.75) is 32.6 Å². The minimum absolute atomic E-state index is 0.375. The normalized spacial score (nSPS) is 15.8. The topological polar surface area (TPSA) is 49.9 Å². The summed E-state index contributed by atoms with van der Waals surface area (Å²) in [6.07, 6.45) is 0. The summed E-state index contributed by atoms with van der Waals surface area (Å²) in [7, 11) is -1.91. The van der Waals surface area contributed by atoms with Gasteiger partial charge in [0.05, 0.1) is 12.0 Å². The Bertz CT molecular complexity index is 946. The molecule has 0 spiro atoms. The fourth-order valence-electron chi connectivity index (χ4n) is 3.51. The maximum atomic E-state index is 13.2. The molecule has 1 aliphatic rings. The van der Waals surface area contributed by atoms with Crippen molar-refractivity contribution < 1.29 is 13.2 Å². The Morgan fingerprint density at radius 3 is 2.07 bits per heavy atom. The van der Waals surface area contributed by atoms with Crippen LogP contribution in [0.1, 0.15) is 22.3 Å². The molecule has 0 bridgehead atoms. The first-order valence-corrected chi connectivity index (χ1v) is 10.7. The summed E-state index contributed by atoms with van der Waals surface area (Å²) < 4.78 is 33.2. The zero-order valence-electron chi connectivity index (χ0n) is 16.7. The van der Waals surface area contributed by atoms with Crippen LogP contribution in [0.3, 0.4) is 0 Å². The Morgan fingerprint density at radius 2 is 1.48 bits per heavy atom. The first kappa shape index (κ1) is 19.7. The lowest BCUT2D eigenvalue weighted by atomic mass is 10.1. The molecule has 146 valence electrons. The number of methoxy groups -OCH3 is 1. The highest BCUT2D eigenvalue weighted by atomic mass is 32.2. The van der Waals surface area contributed by atoms with Crippen LogP contribution in [0.2, 0.25) is 0 Å². The maximum Gasteiger partial charge on any atom is 0.243 e. The van der Waals surface area contributed by atoms with Gasteiger partial charge in [-0.15, -0.1) is 0 Å². The lowest BCUT2D eigenvalue weighted by Gasteiger charge is -2.36. The molecule has 0 amide bonds. The molecule has 6 heteroatoms. The zero-order valence-corrected chi connectivity index (χ0v) is 17.6. The van der Waals surface area contributed by atoms with Gasteiger partial charge >= 0.3 is 0 Å². The highest BCUT2D eigenvalue weighted by Gasteiger charge is 2.30. The molecule has 0 unspecified atom stereocenters. The largest absolute Gasteiger partial charge is 0.496 e. The Kier molecular flexibility index (Phi) is 5.49. The standard InChI is InChI=1S/C21H28N2O3S/c1-15-6-7-19(12-16(15)2)22-8-10-23(11-9-22)27(24,25)21-14-17(3)20(26-5)13-18(21)4/h6-7,12-14H,8-11H2,1-5H3. The van der Waals surface area contributed by atoms with E-state index in [-0.39, 0.29) is 0 Å². The minimum Gasteiger partial charge on any atom is -0.496 e. The molecule has 1 saturated heterocycles. The summed E-state index contributed by atoms with van der Waals surface area (Å²) in [4.78, 5) is 2.63. The van der Waals surface area contributed by atoms with E-state index >= 15 is 0 Å². The maximum absolute atomic E-state index is 13.2. The highest BCUT2D eigenvalue weighted by Crippen LogP contribution is 2.29. The first-order valence-electron chi connectivity index (χ1n) is 9.21. The molecule has 0 aliphatic carbocycles. The number of rotatable bonds is 4. The molecule has 1 fully saturated rings. The Balaban J connectivity index is 1.79. The summed E-state index contributed by atoms with van der Waals surface area (Å²) >= 11 is 0. The fraction of sp³-hybridized carbons (Fsp3) is 0.429. The summed E-state index contributed by atoms with van der Waals surface area (Å²) in [5.41, 5.74) is 5.23. The van der Waals surface area contributed by atoms with Gasteiger partial charge in [0.1, 0.15) is 5.75 Å². The van der Waals surface area contributed by atoms with Crippen molar-refractivity contribution >= 4 is 15.7 Å². The van der Waals surface area contributed by atoms with Crippen LogP contribution in [0.15, 0.2) is 35.2 Å². The molecule has 1 aliphatic heterocycles. The van der Waals surface area contributed by atoms with E-state index in [0.717, 1.165) is 11.3 Å². The number of benzene rings is 2. The number of aryl methyl sites for hydroxylation is 4. The second-order valence-corrected chi connectivity index (χ2v) is 9.15. The predicted octanol–water partition coefficient (Wildman–Crippen LogP) is 3.44. The van der Waals surface area contributed by atoms with E-state index in [9.17, 15) is 8.42 Å². The van der Waals surface area contributed by atoms with E-state index in [4.69, 9.17) is 4.74 Å². The van der Waals surface area contributed by atoms with Gasteiger partial charge in [-0.2, -0.15) is 4.31 Å². The lowest BCUT2D eigenvalue weighted by molar-refractivity contribution is 0.384. The van der Waals surface area contributed by atoms with E-state index in [1.165, 1.54) is 11.1 Å². The minimum atomic E-state index is -3.51. The van der Waals surface area contributed by atoms with E-state index in [0.29, 0.717) is 42.4 Å². The van der Waals surface area contributed by atoms with Crippen LogP contribution in [0.25, 0.3) is 0 Å². The third-order valence-electron chi connectivity index (χ3n) is 5.40. The van der Waals surface area contributed by atoms with Gasteiger partial charge in [0.25, 0.3) is 0 Å². The van der Waals surface area contributed by atoms with Crippen molar-refractivity contribution in [3.8, 4) is 5.75 Å². The molecule has 27 heavy (non-hydrogen) atoms. The van der Waals surface area contributed by atoms with Gasteiger partial charge in [0.2, 0.25) is 10.0 Å². The number of piperazine rings is 1. The monoisotopic (exact) mass is 388 g/mol. The molecule has 3 rings (SSSR count). The molecule has 2 aromatic carbocycles. The number of hydrogen-bond acceptors (Lipinski definition) is 4. The Morgan fingerprint density at radius 1 is 0.815 bits per heavy atom. The second kappa shape index (κ2) is 7.52. The predicted molar refractivity (Wildman–Crippen MR) is 109 cm³/mol. The van der Waals surface area contributed by atoms with Gasteiger partial charge in [-0.1, -0.05) is 6.07 Å². The second-order valence-electron chi connectivity index (χ2n) is 7.25. The Labute approximate surface area is 162 Å². The van der Waals surface area contributed by atoms with E-state index in [1.54, 1.807) is 23.5 Å². The first-order chi connectivity index (χ1) is 12.7. The average molecular weight is 389 g/mol. The number of ether oxygens (including phenoxy) is 1. The lowest BCUT2D eigenvalue weighted by Crippen LogP contribution is -2.48. The number of sulfonamides is 1. The quantitative estimate of drug-likeness (QED) is 0.805. The van der Waals surface area contributed by atoms with Gasteiger partial charge in [0.15, 0.2) is 0 Å². The van der Waals surface area contributed by atoms with Crippen LogP contribution < -0.4 is 9.64 Å². The fourth-order valence-corrected chi connectivity index (χ4v) is 5.22. The van der Waals surface area contributed by atoms with E-state index in [1.807, 2.05) is 13.8 Å². The van der Waals surface area contributed by atoms with Crippen molar-refractivity contribution in [2.75, 3.05) is 38.2 Å². The van der Waals surface area contributed by atoms with Gasteiger partial charge in [-0.05, 0) is 74.2 Å². The molecule has 0 N–H and O–H groups in total. The molecular weight excluding hydrogens is 360 g/mol. The molecule has 5 nitrogen and oxygen atoms in total.